The lowest BCUT2D eigenvalue weighted by Crippen LogP contribution is -2.42. The number of nitrogens with two attached hydrogens (primary N) is 1. The van der Waals surface area contributed by atoms with Crippen LogP contribution in [0.2, 0.25) is 0 Å². The number of carbonyl (C=O) groups excluding carboxylic acids is 1. The zero-order valence-corrected chi connectivity index (χ0v) is 11.9. The van der Waals surface area contributed by atoms with Gasteiger partial charge in [-0.3, -0.25) is 9.69 Å². The molecule has 18 heavy (non-hydrogen) atoms. The van der Waals surface area contributed by atoms with Crippen LogP contribution in [-0.2, 0) is 9.53 Å². The Morgan fingerprint density at radius 1 is 1.50 bits per heavy atom. The summed E-state index contributed by atoms with van der Waals surface area (Å²) < 4.78 is 4.92. The van der Waals surface area contributed by atoms with Crippen LogP contribution >= 0.6 is 0 Å². The van der Waals surface area contributed by atoms with Crippen LogP contribution in [0.5, 0.6) is 0 Å². The molecule has 0 spiro atoms. The highest BCUT2D eigenvalue weighted by atomic mass is 16.5. The van der Waals surface area contributed by atoms with Gasteiger partial charge in [-0.1, -0.05) is 0 Å². The van der Waals surface area contributed by atoms with Crippen LogP contribution in [0.1, 0.15) is 26.7 Å². The van der Waals surface area contributed by atoms with Gasteiger partial charge in [-0.25, -0.2) is 0 Å². The Morgan fingerprint density at radius 2 is 2.22 bits per heavy atom. The van der Waals surface area contributed by atoms with Crippen molar-refractivity contribution in [2.45, 2.75) is 38.8 Å². The largest absolute Gasteiger partial charge is 0.465 e. The highest BCUT2D eigenvalue weighted by Crippen LogP contribution is 2.09. The molecule has 1 fully saturated rings. The Kier molecular flexibility index (Phi) is 6.60. The molecule has 0 amide bonds. The van der Waals surface area contributed by atoms with Gasteiger partial charge < -0.3 is 15.4 Å². The average molecular weight is 257 g/mol. The van der Waals surface area contributed by atoms with E-state index in [1.54, 1.807) is 6.92 Å². The molecule has 1 aliphatic heterocycles. The molecule has 0 aromatic heterocycles. The average Bonchev–Trinajstić information content (AvgIpc) is 2.47. The standard InChI is InChI=1S/C13H27N3O2/c1-4-18-13(17)12(14)6-9-16-8-5-7-15(3)10-11(16)2/h11-12H,4-10,14H2,1-3H3. The van der Waals surface area contributed by atoms with E-state index in [0.29, 0.717) is 19.1 Å². The number of hydrogen-bond donors (Lipinski definition) is 1. The van der Waals surface area contributed by atoms with Crippen molar-refractivity contribution in [3.05, 3.63) is 0 Å². The molecule has 0 bridgehead atoms. The van der Waals surface area contributed by atoms with Crippen LogP contribution in [0.15, 0.2) is 0 Å². The topological polar surface area (TPSA) is 58.8 Å². The Bertz CT molecular complexity index is 261. The molecule has 106 valence electrons. The van der Waals surface area contributed by atoms with Crippen LogP contribution < -0.4 is 5.73 Å². The van der Waals surface area contributed by atoms with E-state index in [-0.39, 0.29) is 5.97 Å². The molecule has 1 heterocycles. The number of nitrogens with zero attached hydrogens (tertiary/aromatic N) is 2. The predicted octanol–water partition coefficient (Wildman–Crippen LogP) is 0.293. The smallest absolute Gasteiger partial charge is 0.322 e. The van der Waals surface area contributed by atoms with Crippen LogP contribution in [0.4, 0.5) is 0 Å². The summed E-state index contributed by atoms with van der Waals surface area (Å²) in [6.07, 6.45) is 1.85. The summed E-state index contributed by atoms with van der Waals surface area (Å²) in [5.74, 6) is -0.280. The molecule has 5 heteroatoms. The lowest BCUT2D eigenvalue weighted by molar-refractivity contribution is -0.144. The third kappa shape index (κ3) is 4.92. The summed E-state index contributed by atoms with van der Waals surface area (Å²) in [7, 11) is 2.16. The second-order valence-corrected chi connectivity index (χ2v) is 5.15. The van der Waals surface area contributed by atoms with Gasteiger partial charge in [0.15, 0.2) is 0 Å². The first-order chi connectivity index (χ1) is 8.54. The maximum Gasteiger partial charge on any atom is 0.322 e. The summed E-state index contributed by atoms with van der Waals surface area (Å²) in [4.78, 5) is 16.2. The molecule has 0 saturated carbocycles. The first-order valence-corrected chi connectivity index (χ1v) is 6.89. The van der Waals surface area contributed by atoms with Crippen molar-refractivity contribution >= 4 is 5.97 Å². The van der Waals surface area contributed by atoms with Gasteiger partial charge in [-0.15, -0.1) is 0 Å². The summed E-state index contributed by atoms with van der Waals surface area (Å²) in [6.45, 7) is 8.61. The second-order valence-electron chi connectivity index (χ2n) is 5.15. The number of ether oxygens (including phenoxy) is 1. The van der Waals surface area contributed by atoms with Crippen molar-refractivity contribution in [2.75, 3.05) is 39.8 Å². The summed E-state index contributed by atoms with van der Waals surface area (Å²) >= 11 is 0. The lowest BCUT2D eigenvalue weighted by atomic mass is 10.2. The maximum atomic E-state index is 11.4. The lowest BCUT2D eigenvalue weighted by Gasteiger charge is -2.28. The van der Waals surface area contributed by atoms with E-state index >= 15 is 0 Å². The summed E-state index contributed by atoms with van der Waals surface area (Å²) in [5.41, 5.74) is 5.82. The van der Waals surface area contributed by atoms with Crippen molar-refractivity contribution in [1.82, 2.24) is 9.80 Å². The van der Waals surface area contributed by atoms with Crippen LogP contribution in [0.3, 0.4) is 0 Å². The molecule has 1 rings (SSSR count). The van der Waals surface area contributed by atoms with Crippen molar-refractivity contribution in [3.8, 4) is 0 Å². The number of rotatable bonds is 5. The fourth-order valence-corrected chi connectivity index (χ4v) is 2.43. The first-order valence-electron chi connectivity index (χ1n) is 6.89. The van der Waals surface area contributed by atoms with E-state index in [1.165, 1.54) is 6.42 Å². The van der Waals surface area contributed by atoms with Gasteiger partial charge in [0, 0.05) is 19.1 Å². The van der Waals surface area contributed by atoms with E-state index in [0.717, 1.165) is 26.2 Å². The van der Waals surface area contributed by atoms with Gasteiger partial charge in [0.1, 0.15) is 6.04 Å². The van der Waals surface area contributed by atoms with Crippen LogP contribution in [-0.4, -0.2) is 67.7 Å². The molecule has 2 unspecified atom stereocenters. The molecule has 2 atom stereocenters. The predicted molar refractivity (Wildman–Crippen MR) is 72.4 cm³/mol. The maximum absolute atomic E-state index is 11.4. The first kappa shape index (κ1) is 15.4. The molecule has 0 aromatic carbocycles. The Morgan fingerprint density at radius 3 is 2.89 bits per heavy atom. The minimum atomic E-state index is -0.488. The van der Waals surface area contributed by atoms with Crippen LogP contribution in [0, 0.1) is 0 Å². The highest BCUT2D eigenvalue weighted by molar-refractivity contribution is 5.75. The van der Waals surface area contributed by atoms with Gasteiger partial charge in [-0.05, 0) is 46.8 Å². The zero-order valence-electron chi connectivity index (χ0n) is 11.9. The summed E-state index contributed by atoms with van der Waals surface area (Å²) in [6, 6.07) is 0.0324. The van der Waals surface area contributed by atoms with Gasteiger partial charge >= 0.3 is 5.97 Å². The van der Waals surface area contributed by atoms with Crippen molar-refractivity contribution in [3.63, 3.8) is 0 Å². The minimum Gasteiger partial charge on any atom is -0.465 e. The third-order valence-electron chi connectivity index (χ3n) is 3.50. The molecule has 0 aliphatic carbocycles. The van der Waals surface area contributed by atoms with E-state index in [2.05, 4.69) is 23.8 Å². The van der Waals surface area contributed by atoms with Crippen molar-refractivity contribution in [1.29, 1.82) is 0 Å². The summed E-state index contributed by atoms with van der Waals surface area (Å²) in [5, 5.41) is 0. The molecular weight excluding hydrogens is 230 g/mol. The van der Waals surface area contributed by atoms with Gasteiger partial charge in [-0.2, -0.15) is 0 Å². The molecule has 1 aliphatic rings. The van der Waals surface area contributed by atoms with Crippen molar-refractivity contribution < 1.29 is 9.53 Å². The van der Waals surface area contributed by atoms with E-state index in [9.17, 15) is 4.79 Å². The zero-order chi connectivity index (χ0) is 13.5. The SMILES string of the molecule is CCOC(=O)C(N)CCN1CCCN(C)CC1C. The van der Waals surface area contributed by atoms with Crippen LogP contribution in [0.25, 0.3) is 0 Å². The molecule has 1 saturated heterocycles. The molecule has 0 radical (unpaired) electrons. The van der Waals surface area contributed by atoms with Gasteiger partial charge in [0.25, 0.3) is 0 Å². The van der Waals surface area contributed by atoms with E-state index < -0.39 is 6.04 Å². The van der Waals surface area contributed by atoms with Crippen molar-refractivity contribution in [2.24, 2.45) is 5.73 Å². The second kappa shape index (κ2) is 7.71. The van der Waals surface area contributed by atoms with E-state index in [4.69, 9.17) is 10.5 Å². The Labute approximate surface area is 110 Å². The van der Waals surface area contributed by atoms with Gasteiger partial charge in [0.05, 0.1) is 6.61 Å². The van der Waals surface area contributed by atoms with E-state index in [1.807, 2.05) is 0 Å². The number of carbonyl (C=O) groups is 1. The molecule has 2 N–H and O–H groups in total. The normalized spacial score (nSPS) is 24.6. The van der Waals surface area contributed by atoms with Gasteiger partial charge in [0.2, 0.25) is 0 Å². The fourth-order valence-electron chi connectivity index (χ4n) is 2.43. The fraction of sp³-hybridized carbons (Fsp3) is 0.923. The third-order valence-corrected chi connectivity index (χ3v) is 3.50. The molecule has 0 aromatic rings. The minimum absolute atomic E-state index is 0.280. The highest BCUT2D eigenvalue weighted by Gasteiger charge is 2.21. The number of likely N-dealkylation sites (N-methyl/N-ethyl adjacent to an activating group) is 1. The molecule has 5 nitrogen and oxygen atoms in total. The number of hydrogen-bond acceptors (Lipinski definition) is 5. The number of esters is 1. The Hall–Kier alpha value is -0.650. The molecular formula is C13H27N3O2. The Balaban J connectivity index is 2.35. The quantitative estimate of drug-likeness (QED) is 0.718. The monoisotopic (exact) mass is 257 g/mol.